The van der Waals surface area contributed by atoms with Crippen LogP contribution < -0.4 is 64.2 Å². The topological polar surface area (TPSA) is 566 Å². The summed E-state index contributed by atoms with van der Waals surface area (Å²) in [5.41, 5.74) is 8.41. The number of aliphatic carboxylic acids is 1. The first-order valence-corrected chi connectivity index (χ1v) is 38.5. The van der Waals surface area contributed by atoms with Gasteiger partial charge in [0.1, 0.15) is 72.7 Å². The molecule has 0 bridgehead atoms. The number of thioether (sulfide) groups is 1. The van der Waals surface area contributed by atoms with Crippen LogP contribution in [0.15, 0.2) is 115 Å². The second-order valence-electron chi connectivity index (χ2n) is 28.4. The zero-order chi connectivity index (χ0) is 84.9. The molecule has 4 aromatic carbocycles. The molecular weight excluding hydrogens is 1520 g/mol. The summed E-state index contributed by atoms with van der Waals surface area (Å²) in [7, 11) is 2.34. The van der Waals surface area contributed by atoms with Crippen molar-refractivity contribution in [3.63, 3.8) is 0 Å². The fraction of sp³-hybridized carbons (Fsp3) is 0.494. The van der Waals surface area contributed by atoms with Crippen LogP contribution in [0.25, 0.3) is 11.1 Å². The van der Waals surface area contributed by atoms with Crippen molar-refractivity contribution in [1.29, 1.82) is 0 Å². The summed E-state index contributed by atoms with van der Waals surface area (Å²) in [6, 6.07) is 10.6. The van der Waals surface area contributed by atoms with Crippen molar-refractivity contribution in [2.24, 2.45) is 11.7 Å². The van der Waals surface area contributed by atoms with E-state index in [1.165, 1.54) is 14.0 Å². The number of nitrogens with two attached hydrogens (primary N) is 1. The van der Waals surface area contributed by atoms with E-state index in [9.17, 15) is 98.1 Å². The molecule has 2 aliphatic rings. The number of aliphatic hydroxyl groups is 6. The molecule has 2 aliphatic heterocycles. The number of benzene rings is 4. The molecule has 626 valence electrons. The number of amides is 14. The zero-order valence-electron chi connectivity index (χ0n) is 64.8. The van der Waals surface area contributed by atoms with E-state index < -0.39 is 242 Å². The van der Waals surface area contributed by atoms with Crippen LogP contribution in [-0.2, 0) is 91.2 Å². The number of carboxylic acid groups (broad SMARTS) is 1. The van der Waals surface area contributed by atoms with Gasteiger partial charge in [0.05, 0.1) is 56.4 Å². The molecule has 2 saturated heterocycles. The molecule has 1 unspecified atom stereocenters. The minimum absolute atomic E-state index is 0.0366. The van der Waals surface area contributed by atoms with Gasteiger partial charge in [-0.05, 0) is 80.2 Å². The lowest BCUT2D eigenvalue weighted by Gasteiger charge is -2.34. The summed E-state index contributed by atoms with van der Waals surface area (Å²) < 4.78 is 0. The Labute approximate surface area is 668 Å². The van der Waals surface area contributed by atoms with E-state index >= 15 is 9.59 Å². The van der Waals surface area contributed by atoms with Gasteiger partial charge < -0.3 is 109 Å². The van der Waals surface area contributed by atoms with Gasteiger partial charge in [0, 0.05) is 45.7 Å². The Hall–Kier alpha value is -11.0. The van der Waals surface area contributed by atoms with Crippen LogP contribution in [0, 0.1) is 5.92 Å². The number of carbonyl (C=O) groups is 15. The minimum atomic E-state index is -2.04. The molecule has 0 aliphatic carbocycles. The van der Waals surface area contributed by atoms with Crippen LogP contribution >= 0.6 is 11.8 Å². The Morgan fingerprint density at radius 2 is 1.01 bits per heavy atom. The number of carbonyl (C=O) groups excluding carboxylic acids is 14. The summed E-state index contributed by atoms with van der Waals surface area (Å²) in [5.74, 6) is -18.0. The Morgan fingerprint density at radius 3 is 1.57 bits per heavy atom. The number of nitrogens with one attached hydrogen (secondary N) is 11. The first kappa shape index (κ1) is 92.9. The van der Waals surface area contributed by atoms with Crippen molar-refractivity contribution in [3.05, 3.63) is 132 Å². The number of primary amides is 1. The highest BCUT2D eigenvalue weighted by atomic mass is 32.2. The lowest BCUT2D eigenvalue weighted by Crippen LogP contribution is -2.64. The van der Waals surface area contributed by atoms with Crippen LogP contribution in [0.4, 0.5) is 0 Å². The van der Waals surface area contributed by atoms with Crippen LogP contribution in [0.5, 0.6) is 0 Å². The molecule has 6 rings (SSSR count). The molecule has 0 saturated carbocycles. The maximum Gasteiger partial charge on any atom is 0.303 e. The molecule has 2 heterocycles. The quantitative estimate of drug-likeness (QED) is 0.0416. The van der Waals surface area contributed by atoms with Crippen LogP contribution in [0.1, 0.15) is 77.0 Å². The summed E-state index contributed by atoms with van der Waals surface area (Å²) in [5, 5.41) is 103. The standard InChI is InChI=1S/C77H105N15O22S/c1-41(2)62-72(109)83-53(36-93)69(106)88-64(44(5)97)74(111)89-63(43(4)96)73(110)85-54(37-94)76(113)91(7)58(34-46-20-13-9-14-21-46)71(108)82-52(33-47-25-27-49(28-26-47)48-22-15-10-16-23-48)75(112)90(6)42(3)65(102)81-50(29-30-61(100)101)67(104)84-55(38-95)77(114)92-31-17-24-57(92)70(107)86-56(66(103)79-35-59(78)98)39-115-40-60(99)80-51(68(105)87-62)32-45-18-11-8-12-19-45/h8-16,18-23,25-28,41-44,50-58,62-64,68,87,93-97,105H,17,24,29-40H2,1-7H3,(H2,78,98)(H,79,103)(H,80,99)(H,81,102)(H,82,108)(H,83,109)(H,84,104)(H,85,110)(H,86,107)(H,88,106)(H,89,111)(H,100,101)/t42-,43+,44+,50-,51-,52-,53-,54-,55-,56-,57-,58-,62-,63-,64-,68?/m0/s1. The van der Waals surface area contributed by atoms with Gasteiger partial charge in [0.2, 0.25) is 82.7 Å². The van der Waals surface area contributed by atoms with Crippen LogP contribution in [0.2, 0.25) is 0 Å². The van der Waals surface area contributed by atoms with Gasteiger partial charge in [0.15, 0.2) is 0 Å². The van der Waals surface area contributed by atoms with Crippen molar-refractivity contribution >= 4 is 100 Å². The predicted molar refractivity (Wildman–Crippen MR) is 416 cm³/mol. The lowest BCUT2D eigenvalue weighted by atomic mass is 9.98. The number of nitrogens with zero attached hydrogens (tertiary/aromatic N) is 3. The zero-order valence-corrected chi connectivity index (χ0v) is 65.6. The SMILES string of the molecule is CC(C)[C@@H]1NC(O)[C@H](Cc2ccccc2)NC(=O)CSC[C@@H](C(=O)NCC(N)=O)NC(=O)[C@@H]2CCCN2C(=O)[C@H](CO)NC(=O)[C@H](CCC(=O)O)NC(=O)[C@H](C)N(C)C(=O)[C@H](Cc2ccc(-c3ccccc3)cc2)NC(=O)[C@H](Cc2ccccc2)N(C)C(=O)[C@H](CO)NC(=O)[C@H]([C@@H](C)O)NC(=O)[C@H]([C@@H](C)O)NC(=O)[C@H](CO)NC1=O. The fourth-order valence-electron chi connectivity index (χ4n) is 12.7. The number of carboxylic acids is 1. The normalized spacial score (nSPS) is 25.9. The molecule has 16 atom stereocenters. The first-order chi connectivity index (χ1) is 54.6. The minimum Gasteiger partial charge on any atom is -0.481 e. The molecule has 4 aromatic rings. The molecule has 38 heteroatoms. The Bertz CT molecular complexity index is 4020. The van der Waals surface area contributed by atoms with Crippen LogP contribution in [0.3, 0.4) is 0 Å². The van der Waals surface area contributed by atoms with E-state index in [1.54, 1.807) is 98.8 Å². The molecular formula is C77H105N15O22S. The molecule has 115 heavy (non-hydrogen) atoms. The monoisotopic (exact) mass is 1620 g/mol. The van der Waals surface area contributed by atoms with Crippen molar-refractivity contribution in [2.45, 2.75) is 177 Å². The molecule has 0 radical (unpaired) electrons. The highest BCUT2D eigenvalue weighted by Crippen LogP contribution is 2.23. The summed E-state index contributed by atoms with van der Waals surface area (Å²) in [4.78, 5) is 214. The third-order valence-electron chi connectivity index (χ3n) is 19.4. The van der Waals surface area contributed by atoms with E-state index in [2.05, 4.69) is 58.5 Å². The summed E-state index contributed by atoms with van der Waals surface area (Å²) in [6.07, 6.45) is -7.39. The fourth-order valence-corrected chi connectivity index (χ4v) is 13.5. The van der Waals surface area contributed by atoms with E-state index in [-0.39, 0.29) is 38.6 Å². The molecule has 0 spiro atoms. The van der Waals surface area contributed by atoms with Crippen molar-refractivity contribution in [1.82, 2.24) is 73.2 Å². The van der Waals surface area contributed by atoms with Gasteiger partial charge in [-0.3, -0.25) is 77.2 Å². The van der Waals surface area contributed by atoms with Gasteiger partial charge in [-0.1, -0.05) is 129 Å². The molecule has 20 N–H and O–H groups in total. The van der Waals surface area contributed by atoms with Crippen molar-refractivity contribution in [2.75, 3.05) is 58.5 Å². The molecule has 0 aromatic heterocycles. The molecule has 37 nitrogen and oxygen atoms in total. The third-order valence-corrected chi connectivity index (χ3v) is 20.4. The number of fused-ring (bicyclic) bond motifs is 1. The van der Waals surface area contributed by atoms with E-state index in [0.717, 1.165) is 58.5 Å². The Morgan fingerprint density at radius 1 is 0.530 bits per heavy atom. The maximum absolute atomic E-state index is 15.2. The highest BCUT2D eigenvalue weighted by Gasteiger charge is 2.43. The smallest absolute Gasteiger partial charge is 0.303 e. The first-order valence-electron chi connectivity index (χ1n) is 37.3. The van der Waals surface area contributed by atoms with Gasteiger partial charge in [-0.25, -0.2) is 0 Å². The Balaban J connectivity index is 1.40. The second kappa shape index (κ2) is 45.2. The second-order valence-corrected chi connectivity index (χ2v) is 29.5. The number of hydrogen-bond acceptors (Lipinski definition) is 23. The number of aliphatic hydroxyl groups excluding tert-OH is 6. The molecule has 2 fully saturated rings. The lowest BCUT2D eigenvalue weighted by molar-refractivity contribution is -0.146. The highest BCUT2D eigenvalue weighted by molar-refractivity contribution is 8.00. The number of rotatable bonds is 19. The summed E-state index contributed by atoms with van der Waals surface area (Å²) >= 11 is 0.789. The van der Waals surface area contributed by atoms with Gasteiger partial charge in [-0.15, -0.1) is 11.8 Å². The predicted octanol–water partition coefficient (Wildman–Crippen LogP) is -5.71. The number of hydrogen-bond donors (Lipinski definition) is 19. The Kier molecular flexibility index (Phi) is 36.5. The van der Waals surface area contributed by atoms with E-state index in [0.29, 0.717) is 16.7 Å². The molecule has 14 amide bonds. The largest absolute Gasteiger partial charge is 0.481 e. The maximum atomic E-state index is 15.2. The number of likely N-dealkylation sites (N-methyl/N-ethyl adjacent to an activating group) is 2. The average Bonchev–Trinajstić information content (AvgIpc) is 1.79. The summed E-state index contributed by atoms with van der Waals surface area (Å²) in [6.45, 7) is 2.16. The van der Waals surface area contributed by atoms with E-state index in [1.807, 2.05) is 30.3 Å². The van der Waals surface area contributed by atoms with Gasteiger partial charge in [-0.2, -0.15) is 0 Å². The van der Waals surface area contributed by atoms with Crippen LogP contribution in [-0.4, -0.2) is 295 Å². The van der Waals surface area contributed by atoms with Gasteiger partial charge in [0.25, 0.3) is 0 Å². The third kappa shape index (κ3) is 27.6. The van der Waals surface area contributed by atoms with Crippen molar-refractivity contribution < 1.29 is 108 Å². The average molecular weight is 1620 g/mol. The van der Waals surface area contributed by atoms with E-state index in [4.69, 9.17) is 5.73 Å². The van der Waals surface area contributed by atoms with Gasteiger partial charge >= 0.3 is 5.97 Å². The van der Waals surface area contributed by atoms with Crippen molar-refractivity contribution in [3.8, 4) is 11.1 Å².